The third kappa shape index (κ3) is 7.29. The number of allylic oxidation sites excluding steroid dienone is 3. The van der Waals surface area contributed by atoms with E-state index in [9.17, 15) is 9.90 Å². The Morgan fingerprint density at radius 1 is 0.936 bits per heavy atom. The lowest BCUT2D eigenvalue weighted by atomic mass is 9.49. The van der Waals surface area contributed by atoms with E-state index in [1.807, 2.05) is 11.8 Å². The predicted octanol–water partition coefficient (Wildman–Crippen LogP) is 11.1. The van der Waals surface area contributed by atoms with Crippen LogP contribution < -0.4 is 0 Å². The van der Waals surface area contributed by atoms with Gasteiger partial charge in [-0.15, -0.1) is 0 Å². The Hall–Kier alpha value is -0.186. The topological polar surface area (TPSA) is 55.8 Å². The van der Waals surface area contributed by atoms with E-state index in [-0.39, 0.29) is 44.3 Å². The molecule has 0 aromatic carbocycles. The van der Waals surface area contributed by atoms with Crippen molar-refractivity contribution in [2.75, 3.05) is 5.75 Å². The summed E-state index contributed by atoms with van der Waals surface area (Å²) in [6.07, 6.45) is 12.4. The van der Waals surface area contributed by atoms with Crippen LogP contribution in [-0.2, 0) is 13.6 Å². The summed E-state index contributed by atoms with van der Waals surface area (Å²) in [5, 5.41) is 11.4. The zero-order valence-corrected chi connectivity index (χ0v) is 35.9. The molecule has 47 heavy (non-hydrogen) atoms. The Morgan fingerprint density at radius 3 is 2.06 bits per heavy atom. The van der Waals surface area contributed by atoms with E-state index in [0.29, 0.717) is 24.0 Å². The maximum atomic E-state index is 14.0. The van der Waals surface area contributed by atoms with Crippen LogP contribution in [0.15, 0.2) is 23.3 Å². The summed E-state index contributed by atoms with van der Waals surface area (Å²) in [7, 11) is -4.02. The minimum absolute atomic E-state index is 0.0161. The molecule has 0 radical (unpaired) electrons. The predicted molar refractivity (Wildman–Crippen MR) is 207 cm³/mol. The largest absolute Gasteiger partial charge is 0.414 e. The molecule has 270 valence electrons. The summed E-state index contributed by atoms with van der Waals surface area (Å²) in [6, 6.07) is 0. The third-order valence-electron chi connectivity index (χ3n) is 14.8. The molecule has 0 aliphatic heterocycles. The van der Waals surface area contributed by atoms with Crippen LogP contribution in [0.4, 0.5) is 0 Å². The van der Waals surface area contributed by atoms with Gasteiger partial charge in [0.1, 0.15) is 5.78 Å². The Morgan fingerprint density at radius 2 is 1.51 bits per heavy atom. The molecule has 4 aliphatic rings. The summed E-state index contributed by atoms with van der Waals surface area (Å²) >= 11 is 1.91. The van der Waals surface area contributed by atoms with E-state index >= 15 is 0 Å². The lowest BCUT2D eigenvalue weighted by Gasteiger charge is -2.59. The van der Waals surface area contributed by atoms with Crippen molar-refractivity contribution in [1.82, 2.24) is 0 Å². The number of fused-ring (bicyclic) bond motifs is 5. The highest BCUT2D eigenvalue weighted by Crippen LogP contribution is 2.66. The number of thioether (sulfide) groups is 1. The van der Waals surface area contributed by atoms with E-state index in [4.69, 9.17) is 8.85 Å². The van der Waals surface area contributed by atoms with Crippen molar-refractivity contribution >= 4 is 34.2 Å². The number of carbonyl (C=O) groups is 1. The standard InChI is InChI=1S/C40H72O4SSi2/c1-16-40(42,17-2)22-23-45-27(3)35-33(41)26-32-30-19-18-28-24-29(43-46(12,13)36(4,5)6)25-34(44-47(14,15)37(7,8)9)39(28,11)31(30)20-21-38(32,35)10/h18-19,27,29,31-32,34-35,42H,16-17,20-26H2,1-15H3/t27-,29+,31-,32-,34-,35-,38-,39-/m0/s1. The molecule has 8 atom stereocenters. The van der Waals surface area contributed by atoms with Crippen LogP contribution in [0, 0.1) is 28.6 Å². The van der Waals surface area contributed by atoms with Gasteiger partial charge >= 0.3 is 0 Å². The SMILES string of the molecule is CCC(O)(CC)CCS[C@@H](C)[C@H]1C(=O)C[C@H]2C3=CC=C4C[C@@H](O[Si](C)(C)C(C)(C)C)C[C@H](O[Si](C)(C)C(C)(C)C)[C@]4(C)[C@H]3CC[C@]12C. The lowest BCUT2D eigenvalue weighted by Crippen LogP contribution is -2.58. The van der Waals surface area contributed by atoms with E-state index in [1.165, 1.54) is 11.1 Å². The van der Waals surface area contributed by atoms with Gasteiger partial charge in [-0.05, 0) is 104 Å². The molecule has 3 fully saturated rings. The summed E-state index contributed by atoms with van der Waals surface area (Å²) < 4.78 is 14.7. The van der Waals surface area contributed by atoms with Gasteiger partial charge in [-0.2, -0.15) is 11.8 Å². The van der Waals surface area contributed by atoms with Crippen LogP contribution in [-0.4, -0.2) is 56.3 Å². The zero-order valence-electron chi connectivity index (χ0n) is 33.1. The Labute approximate surface area is 296 Å². The number of hydrogen-bond donors (Lipinski definition) is 1. The highest BCUT2D eigenvalue weighted by molar-refractivity contribution is 7.99. The van der Waals surface area contributed by atoms with Gasteiger partial charge in [0.2, 0.25) is 0 Å². The van der Waals surface area contributed by atoms with Crippen molar-refractivity contribution in [3.63, 3.8) is 0 Å². The summed E-state index contributed by atoms with van der Waals surface area (Å²) in [6.45, 7) is 35.1. The van der Waals surface area contributed by atoms with Crippen LogP contribution in [0.5, 0.6) is 0 Å². The van der Waals surface area contributed by atoms with Gasteiger partial charge in [0, 0.05) is 23.0 Å². The molecule has 0 saturated heterocycles. The van der Waals surface area contributed by atoms with Crippen LogP contribution in [0.3, 0.4) is 0 Å². The molecule has 4 rings (SSSR count). The minimum atomic E-state index is -2.07. The molecule has 0 amide bonds. The van der Waals surface area contributed by atoms with Crippen LogP contribution >= 0.6 is 11.8 Å². The normalized spacial score (nSPS) is 34.3. The zero-order chi connectivity index (χ0) is 35.6. The molecule has 3 saturated carbocycles. The monoisotopic (exact) mass is 704 g/mol. The van der Waals surface area contributed by atoms with Crippen molar-refractivity contribution in [1.29, 1.82) is 0 Å². The first-order valence-electron chi connectivity index (χ1n) is 19.0. The third-order valence-corrected chi connectivity index (χ3v) is 25.0. The first kappa shape index (κ1) is 39.6. The molecule has 4 nitrogen and oxygen atoms in total. The average Bonchev–Trinajstić information content (AvgIpc) is 3.21. The van der Waals surface area contributed by atoms with Gasteiger partial charge in [-0.1, -0.05) is 99.5 Å². The first-order valence-corrected chi connectivity index (χ1v) is 25.9. The average molecular weight is 705 g/mol. The second-order valence-electron chi connectivity index (χ2n) is 19.5. The fourth-order valence-electron chi connectivity index (χ4n) is 9.17. The van der Waals surface area contributed by atoms with E-state index in [2.05, 4.69) is 115 Å². The highest BCUT2D eigenvalue weighted by Gasteiger charge is 2.62. The molecule has 7 heteroatoms. The number of carbonyl (C=O) groups excluding carboxylic acids is 1. The first-order chi connectivity index (χ1) is 21.4. The summed E-state index contributed by atoms with van der Waals surface area (Å²) in [5.41, 5.74) is 2.36. The van der Waals surface area contributed by atoms with Crippen LogP contribution in [0.25, 0.3) is 0 Å². The van der Waals surface area contributed by atoms with E-state index in [1.54, 1.807) is 0 Å². The number of aliphatic hydroxyl groups is 1. The molecule has 0 aromatic heterocycles. The number of ketones is 1. The molecule has 1 N–H and O–H groups in total. The molecule has 0 aromatic rings. The second-order valence-corrected chi connectivity index (χ2v) is 30.5. The summed E-state index contributed by atoms with van der Waals surface area (Å²) in [5.74, 6) is 2.14. The Bertz CT molecular complexity index is 1220. The van der Waals surface area contributed by atoms with Crippen molar-refractivity contribution < 1.29 is 18.8 Å². The number of Topliss-reactive ketones (excluding diaryl/α,β-unsaturated/α-hetero) is 1. The quantitative estimate of drug-likeness (QED) is 0.217. The van der Waals surface area contributed by atoms with Gasteiger partial charge in [0.05, 0.1) is 17.8 Å². The maximum Gasteiger partial charge on any atom is 0.192 e. The van der Waals surface area contributed by atoms with Crippen LogP contribution in [0.1, 0.15) is 128 Å². The molecular weight excluding hydrogens is 633 g/mol. The molecular formula is C40H72O4SSi2. The van der Waals surface area contributed by atoms with Crippen molar-refractivity contribution in [3.8, 4) is 0 Å². The van der Waals surface area contributed by atoms with Crippen molar-refractivity contribution in [2.45, 2.75) is 187 Å². The smallest absolute Gasteiger partial charge is 0.192 e. The minimum Gasteiger partial charge on any atom is -0.414 e. The lowest BCUT2D eigenvalue weighted by molar-refractivity contribution is -0.122. The molecule has 0 heterocycles. The van der Waals surface area contributed by atoms with Gasteiger partial charge in [-0.3, -0.25) is 4.79 Å². The van der Waals surface area contributed by atoms with E-state index < -0.39 is 22.2 Å². The van der Waals surface area contributed by atoms with Crippen LogP contribution in [0.2, 0.25) is 36.3 Å². The molecule has 0 unspecified atom stereocenters. The van der Waals surface area contributed by atoms with E-state index in [0.717, 1.165) is 50.7 Å². The number of hydrogen-bond acceptors (Lipinski definition) is 5. The van der Waals surface area contributed by atoms with Gasteiger partial charge in [-0.25, -0.2) is 0 Å². The molecule has 0 spiro atoms. The van der Waals surface area contributed by atoms with Crippen molar-refractivity contribution in [2.24, 2.45) is 28.6 Å². The Balaban J connectivity index is 1.66. The fourth-order valence-corrected chi connectivity index (χ4v) is 13.5. The Kier molecular flexibility index (Phi) is 11.3. The highest BCUT2D eigenvalue weighted by atomic mass is 32.2. The van der Waals surface area contributed by atoms with Gasteiger partial charge < -0.3 is 14.0 Å². The second kappa shape index (κ2) is 13.4. The van der Waals surface area contributed by atoms with Gasteiger partial charge in [0.25, 0.3) is 0 Å². The van der Waals surface area contributed by atoms with Gasteiger partial charge in [0.15, 0.2) is 16.6 Å². The number of rotatable bonds is 11. The summed E-state index contributed by atoms with van der Waals surface area (Å²) in [4.78, 5) is 14.0. The van der Waals surface area contributed by atoms with Crippen molar-refractivity contribution in [3.05, 3.63) is 23.3 Å². The fraction of sp³-hybridized carbons (Fsp3) is 0.875. The molecule has 4 aliphatic carbocycles. The maximum absolute atomic E-state index is 14.0. The molecule has 0 bridgehead atoms.